The van der Waals surface area contributed by atoms with Crippen LogP contribution in [0.25, 0.3) is 11.1 Å². The van der Waals surface area contributed by atoms with Gasteiger partial charge in [-0.25, -0.2) is 0 Å². The van der Waals surface area contributed by atoms with Crippen LogP contribution in [0.1, 0.15) is 24.0 Å². The van der Waals surface area contributed by atoms with E-state index in [4.69, 9.17) is 22.4 Å². The smallest absolute Gasteiger partial charge is 0.323 e. The highest BCUT2D eigenvalue weighted by molar-refractivity contribution is 7.80. The van der Waals surface area contributed by atoms with Crippen molar-refractivity contribution < 1.29 is 29.4 Å². The summed E-state index contributed by atoms with van der Waals surface area (Å²) in [4.78, 5) is 49.3. The van der Waals surface area contributed by atoms with Crippen molar-refractivity contribution in [2.45, 2.75) is 31.3 Å². The van der Waals surface area contributed by atoms with Gasteiger partial charge in [-0.15, -0.1) is 0 Å². The summed E-state index contributed by atoms with van der Waals surface area (Å²) in [5.74, 6) is -3.89. The van der Waals surface area contributed by atoms with Crippen LogP contribution >= 0.6 is 24.2 Å². The van der Waals surface area contributed by atoms with Gasteiger partial charge in [0.2, 0.25) is 5.91 Å². The topological polar surface area (TPSA) is 150 Å². The van der Waals surface area contributed by atoms with E-state index in [1.165, 1.54) is 6.07 Å². The molecule has 40 heavy (non-hydrogen) atoms. The van der Waals surface area contributed by atoms with Gasteiger partial charge in [-0.3, -0.25) is 24.1 Å². The molecule has 0 unspecified atom stereocenters. The van der Waals surface area contributed by atoms with Crippen LogP contribution < -0.4 is 16.0 Å². The Labute approximate surface area is 242 Å². The number of hydrogen-bond donors (Lipinski definition) is 5. The second-order valence-electron chi connectivity index (χ2n) is 9.12. The minimum atomic E-state index is -1.25. The van der Waals surface area contributed by atoms with E-state index in [-0.39, 0.29) is 18.6 Å². The van der Waals surface area contributed by atoms with Gasteiger partial charge >= 0.3 is 11.9 Å². The third-order valence-electron chi connectivity index (χ3n) is 6.17. The third-order valence-corrected chi connectivity index (χ3v) is 6.91. The maximum Gasteiger partial charge on any atom is 0.323 e. The van der Waals surface area contributed by atoms with Crippen molar-refractivity contribution in [3.05, 3.63) is 88.9 Å². The van der Waals surface area contributed by atoms with Crippen LogP contribution in [0.3, 0.4) is 0 Å². The predicted octanol–water partition coefficient (Wildman–Crippen LogP) is 3.62. The molecule has 2 amide bonds. The standard InChI is InChI=1S/C29H30ClN3O6S/c30-23-11-10-22(15-21(23)14-18-6-8-20(9-7-18)19-4-2-1-3-5-19)33(16-27(35)36)28(37)25(17-40)32-26(34)13-12-24(31)29(38)39/h1-11,15,24-25,40H,12-14,16-17,31H2,(H,32,34)(H,35,36)(H,38,39)/t24-,25-/m0/s1. The highest BCUT2D eigenvalue weighted by atomic mass is 35.5. The van der Waals surface area contributed by atoms with Crippen LogP contribution in [0.4, 0.5) is 5.69 Å². The van der Waals surface area contributed by atoms with Gasteiger partial charge in [0, 0.05) is 22.9 Å². The number of aliphatic carboxylic acids is 2. The number of benzene rings is 3. The van der Waals surface area contributed by atoms with E-state index in [0.29, 0.717) is 22.7 Å². The van der Waals surface area contributed by atoms with E-state index in [2.05, 4.69) is 17.9 Å². The van der Waals surface area contributed by atoms with Gasteiger partial charge in [-0.2, -0.15) is 12.6 Å². The number of halogens is 1. The molecule has 0 aliphatic heterocycles. The third kappa shape index (κ3) is 8.57. The Morgan fingerprint density at radius 3 is 2.20 bits per heavy atom. The Morgan fingerprint density at radius 1 is 0.950 bits per heavy atom. The molecule has 2 atom stereocenters. The molecule has 11 heteroatoms. The first kappa shape index (κ1) is 30.7. The summed E-state index contributed by atoms with van der Waals surface area (Å²) in [5.41, 5.74) is 9.53. The number of carboxylic acids is 2. The number of amides is 2. The van der Waals surface area contributed by atoms with E-state index < -0.39 is 42.4 Å². The molecule has 0 aliphatic rings. The number of nitrogens with one attached hydrogen (secondary N) is 1. The van der Waals surface area contributed by atoms with Gasteiger partial charge in [-0.05, 0) is 53.3 Å². The normalized spacial score (nSPS) is 12.3. The maximum absolute atomic E-state index is 13.4. The molecular formula is C29H30ClN3O6S. The first-order chi connectivity index (χ1) is 19.1. The molecule has 5 N–H and O–H groups in total. The summed E-state index contributed by atoms with van der Waals surface area (Å²) in [6, 6.07) is 20.3. The summed E-state index contributed by atoms with van der Waals surface area (Å²) in [6.45, 7) is -0.657. The van der Waals surface area contributed by atoms with Crippen molar-refractivity contribution in [3.8, 4) is 11.1 Å². The summed E-state index contributed by atoms with van der Waals surface area (Å²) in [6.07, 6.45) is 0.0892. The molecule has 0 fully saturated rings. The number of carboxylic acid groups (broad SMARTS) is 2. The predicted molar refractivity (Wildman–Crippen MR) is 157 cm³/mol. The minimum Gasteiger partial charge on any atom is -0.480 e. The quantitative estimate of drug-likeness (QED) is 0.193. The Hall–Kier alpha value is -3.86. The van der Waals surface area contributed by atoms with Crippen LogP contribution in [-0.2, 0) is 25.6 Å². The van der Waals surface area contributed by atoms with Crippen molar-refractivity contribution in [3.63, 3.8) is 0 Å². The van der Waals surface area contributed by atoms with Crippen LogP contribution in [-0.4, -0.2) is 58.3 Å². The second kappa shape index (κ2) is 14.5. The van der Waals surface area contributed by atoms with Crippen LogP contribution in [0.5, 0.6) is 0 Å². The number of rotatable bonds is 13. The van der Waals surface area contributed by atoms with Gasteiger partial charge in [0.25, 0.3) is 5.91 Å². The summed E-state index contributed by atoms with van der Waals surface area (Å²) in [7, 11) is 0. The summed E-state index contributed by atoms with van der Waals surface area (Å²) >= 11 is 10.6. The molecule has 0 spiro atoms. The lowest BCUT2D eigenvalue weighted by Crippen LogP contribution is -2.51. The molecule has 0 bridgehead atoms. The van der Waals surface area contributed by atoms with Crippen LogP contribution in [0.15, 0.2) is 72.8 Å². The monoisotopic (exact) mass is 583 g/mol. The van der Waals surface area contributed by atoms with Gasteiger partial charge in [0.05, 0.1) is 0 Å². The maximum atomic E-state index is 13.4. The highest BCUT2D eigenvalue weighted by Gasteiger charge is 2.28. The first-order valence-electron chi connectivity index (χ1n) is 12.4. The number of carbonyl (C=O) groups excluding carboxylic acids is 2. The van der Waals surface area contributed by atoms with E-state index in [1.54, 1.807) is 12.1 Å². The lowest BCUT2D eigenvalue weighted by atomic mass is 10.00. The molecule has 3 aromatic rings. The van der Waals surface area contributed by atoms with Gasteiger partial charge in [-0.1, -0.05) is 66.2 Å². The van der Waals surface area contributed by atoms with E-state index >= 15 is 0 Å². The number of thiol groups is 1. The van der Waals surface area contributed by atoms with Crippen molar-refractivity contribution in [1.29, 1.82) is 0 Å². The molecule has 0 aliphatic carbocycles. The van der Waals surface area contributed by atoms with E-state index in [1.807, 2.05) is 54.6 Å². The lowest BCUT2D eigenvalue weighted by molar-refractivity contribution is -0.139. The molecule has 0 heterocycles. The van der Waals surface area contributed by atoms with Crippen molar-refractivity contribution in [2.24, 2.45) is 5.73 Å². The molecular weight excluding hydrogens is 554 g/mol. The molecule has 0 aromatic heterocycles. The van der Waals surface area contributed by atoms with Crippen molar-refractivity contribution in [2.75, 3.05) is 17.2 Å². The van der Waals surface area contributed by atoms with Gasteiger partial charge < -0.3 is 21.3 Å². The zero-order chi connectivity index (χ0) is 29.2. The second-order valence-corrected chi connectivity index (χ2v) is 9.89. The van der Waals surface area contributed by atoms with Crippen LogP contribution in [0.2, 0.25) is 5.02 Å². The number of nitrogens with two attached hydrogens (primary N) is 1. The summed E-state index contributed by atoms with van der Waals surface area (Å²) < 4.78 is 0. The molecule has 0 radical (unpaired) electrons. The molecule has 0 saturated heterocycles. The Balaban J connectivity index is 1.79. The fourth-order valence-corrected chi connectivity index (χ4v) is 4.44. The van der Waals surface area contributed by atoms with Crippen LogP contribution in [0, 0.1) is 0 Å². The fourth-order valence-electron chi connectivity index (χ4n) is 4.01. The largest absolute Gasteiger partial charge is 0.480 e. The van der Waals surface area contributed by atoms with E-state index in [0.717, 1.165) is 21.6 Å². The number of nitrogens with zero attached hydrogens (tertiary/aromatic N) is 1. The SMILES string of the molecule is N[C@@H](CCC(=O)N[C@@H](CS)C(=O)N(CC(=O)O)c1ccc(Cl)c(Cc2ccc(-c3ccccc3)cc2)c1)C(=O)O. The van der Waals surface area contributed by atoms with Gasteiger partial charge in [0.1, 0.15) is 18.6 Å². The highest BCUT2D eigenvalue weighted by Crippen LogP contribution is 2.27. The molecule has 0 saturated carbocycles. The number of carbonyl (C=O) groups is 4. The zero-order valence-corrected chi connectivity index (χ0v) is 23.1. The fraction of sp³-hybridized carbons (Fsp3) is 0.241. The Bertz CT molecular complexity index is 1350. The van der Waals surface area contributed by atoms with Crippen molar-refractivity contribution >= 4 is 53.7 Å². The lowest BCUT2D eigenvalue weighted by Gasteiger charge is -2.27. The minimum absolute atomic E-state index is 0.111. The number of anilines is 1. The molecule has 9 nitrogen and oxygen atoms in total. The molecule has 210 valence electrons. The Kier molecular flexibility index (Phi) is 11.1. The average Bonchev–Trinajstić information content (AvgIpc) is 2.95. The van der Waals surface area contributed by atoms with Crippen molar-refractivity contribution in [1.82, 2.24) is 5.32 Å². The summed E-state index contributed by atoms with van der Waals surface area (Å²) in [5, 5.41) is 21.4. The van der Waals surface area contributed by atoms with E-state index in [9.17, 15) is 24.3 Å². The average molecular weight is 584 g/mol. The molecule has 3 rings (SSSR count). The van der Waals surface area contributed by atoms with Gasteiger partial charge in [0.15, 0.2) is 0 Å². The zero-order valence-electron chi connectivity index (χ0n) is 21.5. The molecule has 3 aromatic carbocycles. The number of hydrogen-bond acceptors (Lipinski definition) is 6. The Morgan fingerprint density at radius 2 is 1.60 bits per heavy atom. The first-order valence-corrected chi connectivity index (χ1v) is 13.4.